The normalized spacial score (nSPS) is 11.7. The number of rotatable bonds is 7. The molecule has 2 rings (SSSR count). The monoisotopic (exact) mass is 362 g/mol. The molecule has 0 aliphatic heterocycles. The summed E-state index contributed by atoms with van der Waals surface area (Å²) in [5, 5.41) is 0. The van der Waals surface area contributed by atoms with Gasteiger partial charge in [0.05, 0.1) is 0 Å². The quantitative estimate of drug-likeness (QED) is 0.431. The molecule has 0 fully saturated rings. The van der Waals surface area contributed by atoms with Crippen LogP contribution in [-0.4, -0.2) is 33.3 Å². The Morgan fingerprint density at radius 1 is 1.00 bits per heavy atom. The van der Waals surface area contributed by atoms with Crippen molar-refractivity contribution in [3.8, 4) is 0 Å². The third kappa shape index (κ3) is 4.83. The van der Waals surface area contributed by atoms with Gasteiger partial charge in [-0.25, -0.2) is 0 Å². The third-order valence-corrected chi connectivity index (χ3v) is 5.59. The molecule has 2 aromatic carbocycles. The number of carbonyl (C=O) groups is 2. The summed E-state index contributed by atoms with van der Waals surface area (Å²) < 4.78 is 5.99. The van der Waals surface area contributed by atoms with Crippen molar-refractivity contribution in [2.24, 2.45) is 0 Å². The average molecular weight is 361 g/mol. The summed E-state index contributed by atoms with van der Waals surface area (Å²) in [7, 11) is 0. The second-order valence-electron chi connectivity index (χ2n) is 4.69. The van der Waals surface area contributed by atoms with Crippen molar-refractivity contribution in [2.45, 2.75) is 18.2 Å². The number of ketones is 1. The topological polar surface area (TPSA) is 43.4 Å². The van der Waals surface area contributed by atoms with E-state index < -0.39 is 11.8 Å². The standard InChI is InChI=1S/C18H18O3Se/c1-2-21-18(20)17(19)16(13-14-9-5-3-6-10-14)22-15-11-7-4-8-12-15/h3-12,16H,2,13H2,1H3. The first-order chi connectivity index (χ1) is 10.7. The van der Waals surface area contributed by atoms with E-state index >= 15 is 0 Å². The zero-order valence-electron chi connectivity index (χ0n) is 12.4. The van der Waals surface area contributed by atoms with Gasteiger partial charge in [-0.15, -0.1) is 0 Å². The number of hydrogen-bond acceptors (Lipinski definition) is 3. The van der Waals surface area contributed by atoms with Crippen LogP contribution in [-0.2, 0) is 20.7 Å². The summed E-state index contributed by atoms with van der Waals surface area (Å²) in [6.45, 7) is 1.93. The van der Waals surface area contributed by atoms with E-state index in [9.17, 15) is 9.59 Å². The Balaban J connectivity index is 2.16. The van der Waals surface area contributed by atoms with Crippen LogP contribution in [0.15, 0.2) is 60.7 Å². The molecule has 0 aliphatic rings. The van der Waals surface area contributed by atoms with Crippen LogP contribution in [0.5, 0.6) is 0 Å². The summed E-state index contributed by atoms with van der Waals surface area (Å²) in [4.78, 5) is 23.8. The SMILES string of the molecule is CCOC(=O)C(=O)C(Cc1ccccc1)[Se]c1ccccc1. The molecule has 0 heterocycles. The number of hydrogen-bond donors (Lipinski definition) is 0. The van der Waals surface area contributed by atoms with Gasteiger partial charge < -0.3 is 0 Å². The maximum atomic E-state index is 12.4. The Kier molecular flexibility index (Phi) is 6.38. The molecule has 0 aliphatic carbocycles. The zero-order chi connectivity index (χ0) is 15.8. The van der Waals surface area contributed by atoms with Gasteiger partial charge in [0.15, 0.2) is 0 Å². The molecule has 3 nitrogen and oxygen atoms in total. The molecule has 4 heteroatoms. The molecule has 114 valence electrons. The van der Waals surface area contributed by atoms with Gasteiger partial charge in [-0.05, 0) is 0 Å². The fourth-order valence-corrected chi connectivity index (χ4v) is 4.37. The molecule has 2 aromatic rings. The summed E-state index contributed by atoms with van der Waals surface area (Å²) >= 11 is -0.110. The minimum absolute atomic E-state index is 0.110. The minimum atomic E-state index is -0.721. The van der Waals surface area contributed by atoms with Crippen LogP contribution >= 0.6 is 0 Å². The molecule has 0 aromatic heterocycles. The van der Waals surface area contributed by atoms with Gasteiger partial charge in [0, 0.05) is 0 Å². The van der Waals surface area contributed by atoms with Crippen molar-refractivity contribution in [1.29, 1.82) is 0 Å². The number of carbonyl (C=O) groups excluding carboxylic acids is 2. The van der Waals surface area contributed by atoms with E-state index in [0.717, 1.165) is 10.0 Å². The molecule has 0 amide bonds. The molecule has 22 heavy (non-hydrogen) atoms. The Labute approximate surface area is 136 Å². The Morgan fingerprint density at radius 2 is 1.59 bits per heavy atom. The number of benzene rings is 2. The van der Waals surface area contributed by atoms with Crippen LogP contribution in [0.4, 0.5) is 0 Å². The predicted octanol–water partition coefficient (Wildman–Crippen LogP) is 2.18. The molecular weight excluding hydrogens is 343 g/mol. The van der Waals surface area contributed by atoms with Gasteiger partial charge in [-0.3, -0.25) is 0 Å². The van der Waals surface area contributed by atoms with E-state index in [1.807, 2.05) is 60.7 Å². The summed E-state index contributed by atoms with van der Waals surface area (Å²) in [6, 6.07) is 19.6. The van der Waals surface area contributed by atoms with E-state index in [2.05, 4.69) is 0 Å². The Bertz CT molecular complexity index is 569. The molecular formula is C18H18O3Se. The fraction of sp³-hybridized carbons (Fsp3) is 0.222. The van der Waals surface area contributed by atoms with Crippen LogP contribution in [0.3, 0.4) is 0 Å². The molecule has 0 spiro atoms. The van der Waals surface area contributed by atoms with Crippen molar-refractivity contribution in [2.75, 3.05) is 6.61 Å². The molecule has 0 saturated heterocycles. The van der Waals surface area contributed by atoms with Gasteiger partial charge >= 0.3 is 136 Å². The van der Waals surface area contributed by atoms with Crippen molar-refractivity contribution in [3.05, 3.63) is 66.2 Å². The molecule has 0 saturated carbocycles. The first-order valence-corrected chi connectivity index (χ1v) is 9.02. The van der Waals surface area contributed by atoms with Crippen LogP contribution in [0.1, 0.15) is 12.5 Å². The van der Waals surface area contributed by atoms with Gasteiger partial charge in [0.2, 0.25) is 0 Å². The second-order valence-corrected chi connectivity index (χ2v) is 7.37. The van der Waals surface area contributed by atoms with Gasteiger partial charge in [0.1, 0.15) is 0 Å². The van der Waals surface area contributed by atoms with Crippen LogP contribution < -0.4 is 4.46 Å². The van der Waals surface area contributed by atoms with E-state index in [-0.39, 0.29) is 26.4 Å². The van der Waals surface area contributed by atoms with Crippen molar-refractivity contribution in [1.82, 2.24) is 0 Å². The van der Waals surface area contributed by atoms with Gasteiger partial charge in [-0.2, -0.15) is 0 Å². The number of ether oxygens (including phenoxy) is 1. The number of Topliss-reactive ketones (excluding diaryl/α,β-unsaturated/α-hetero) is 1. The van der Waals surface area contributed by atoms with E-state index in [4.69, 9.17) is 4.74 Å². The van der Waals surface area contributed by atoms with Crippen molar-refractivity contribution in [3.63, 3.8) is 0 Å². The molecule has 1 unspecified atom stereocenters. The molecule has 0 N–H and O–H groups in total. The molecule has 0 bridgehead atoms. The average Bonchev–Trinajstić information content (AvgIpc) is 2.56. The van der Waals surface area contributed by atoms with Crippen LogP contribution in [0, 0.1) is 0 Å². The Morgan fingerprint density at radius 3 is 2.18 bits per heavy atom. The van der Waals surface area contributed by atoms with Crippen LogP contribution in [0.25, 0.3) is 0 Å². The van der Waals surface area contributed by atoms with E-state index in [1.165, 1.54) is 0 Å². The molecule has 0 radical (unpaired) electrons. The second kappa shape index (κ2) is 8.52. The zero-order valence-corrected chi connectivity index (χ0v) is 14.1. The summed E-state index contributed by atoms with van der Waals surface area (Å²) in [5.41, 5.74) is 1.06. The van der Waals surface area contributed by atoms with Crippen molar-refractivity contribution >= 4 is 31.2 Å². The van der Waals surface area contributed by atoms with Crippen LogP contribution in [0.2, 0.25) is 4.82 Å². The summed E-state index contributed by atoms with van der Waals surface area (Å²) in [6.07, 6.45) is 0.563. The maximum absolute atomic E-state index is 12.4. The van der Waals surface area contributed by atoms with Crippen molar-refractivity contribution < 1.29 is 14.3 Å². The molecule has 1 atom stereocenters. The van der Waals surface area contributed by atoms with E-state index in [1.54, 1.807) is 6.92 Å². The van der Waals surface area contributed by atoms with E-state index in [0.29, 0.717) is 6.42 Å². The first kappa shape index (κ1) is 16.5. The Hall–Kier alpha value is -1.90. The van der Waals surface area contributed by atoms with Gasteiger partial charge in [-0.1, -0.05) is 0 Å². The third-order valence-electron chi connectivity index (χ3n) is 3.05. The predicted molar refractivity (Wildman–Crippen MR) is 87.4 cm³/mol. The number of esters is 1. The fourth-order valence-electron chi connectivity index (χ4n) is 2.01. The summed E-state index contributed by atoms with van der Waals surface area (Å²) in [5.74, 6) is -1.14. The van der Waals surface area contributed by atoms with Gasteiger partial charge in [0.25, 0.3) is 0 Å². The first-order valence-electron chi connectivity index (χ1n) is 7.17.